The second-order valence-corrected chi connectivity index (χ2v) is 7.46. The van der Waals surface area contributed by atoms with Crippen LogP contribution in [0.5, 0.6) is 0 Å². The van der Waals surface area contributed by atoms with E-state index in [-0.39, 0.29) is 12.3 Å². The van der Waals surface area contributed by atoms with Gasteiger partial charge in [0.05, 0.1) is 12.0 Å². The largest absolute Gasteiger partial charge is 0.444 e. The Morgan fingerprint density at radius 3 is 2.65 bits per heavy atom. The highest BCUT2D eigenvalue weighted by molar-refractivity contribution is 6.05. The van der Waals surface area contributed by atoms with E-state index in [1.165, 1.54) is 4.90 Å². The number of alkyl halides is 1. The molecule has 23 heavy (non-hydrogen) atoms. The summed E-state index contributed by atoms with van der Waals surface area (Å²) < 4.78 is 20.2. The van der Waals surface area contributed by atoms with Crippen LogP contribution in [0.3, 0.4) is 0 Å². The number of carbonyl (C=O) groups is 2. The van der Waals surface area contributed by atoms with Gasteiger partial charge in [-0.15, -0.1) is 0 Å². The number of hydrogen-bond donors (Lipinski definition) is 0. The SMILES string of the molecule is CC(C)(C)OC(=O)N1CCC2(Cc3ccccc3C2=O)C(F)C1. The molecule has 1 aliphatic carbocycles. The van der Waals surface area contributed by atoms with E-state index in [1.807, 2.05) is 12.1 Å². The molecule has 3 rings (SSSR count). The summed E-state index contributed by atoms with van der Waals surface area (Å²) in [7, 11) is 0. The van der Waals surface area contributed by atoms with Gasteiger partial charge in [-0.3, -0.25) is 4.79 Å². The zero-order valence-electron chi connectivity index (χ0n) is 13.8. The van der Waals surface area contributed by atoms with Crippen LogP contribution >= 0.6 is 0 Å². The number of Topliss-reactive ketones (excluding diaryl/α,β-unsaturated/α-hetero) is 1. The van der Waals surface area contributed by atoms with Crippen LogP contribution in [-0.4, -0.2) is 41.6 Å². The van der Waals surface area contributed by atoms with Crippen molar-refractivity contribution < 1.29 is 18.7 Å². The summed E-state index contributed by atoms with van der Waals surface area (Å²) in [6, 6.07) is 7.32. The van der Waals surface area contributed by atoms with Crippen molar-refractivity contribution in [2.24, 2.45) is 5.41 Å². The van der Waals surface area contributed by atoms with Crippen LogP contribution in [0.25, 0.3) is 0 Å². The quantitative estimate of drug-likeness (QED) is 0.736. The maximum absolute atomic E-state index is 14.9. The van der Waals surface area contributed by atoms with Gasteiger partial charge in [-0.2, -0.15) is 0 Å². The average molecular weight is 319 g/mol. The molecule has 1 saturated heterocycles. The number of piperidine rings is 1. The van der Waals surface area contributed by atoms with Gasteiger partial charge < -0.3 is 9.64 Å². The van der Waals surface area contributed by atoms with Crippen molar-refractivity contribution >= 4 is 11.9 Å². The predicted molar refractivity (Wildman–Crippen MR) is 84.2 cm³/mol. The van der Waals surface area contributed by atoms with E-state index < -0.39 is 23.3 Å². The second-order valence-electron chi connectivity index (χ2n) is 7.46. The standard InChI is InChI=1S/C18H22FNO3/c1-17(2,3)23-16(22)20-9-8-18(14(19)11-20)10-12-6-4-5-7-13(12)15(18)21/h4-7,14H,8-11H2,1-3H3. The van der Waals surface area contributed by atoms with Crippen LogP contribution in [0.15, 0.2) is 24.3 Å². The van der Waals surface area contributed by atoms with Gasteiger partial charge in [0.25, 0.3) is 0 Å². The lowest BCUT2D eigenvalue weighted by Crippen LogP contribution is -2.54. The summed E-state index contributed by atoms with van der Waals surface area (Å²) in [6.07, 6.45) is -1.13. The summed E-state index contributed by atoms with van der Waals surface area (Å²) in [6.45, 7) is 5.59. The Hall–Kier alpha value is -1.91. The Balaban J connectivity index is 1.76. The van der Waals surface area contributed by atoms with Gasteiger partial charge in [-0.1, -0.05) is 24.3 Å². The average Bonchev–Trinajstić information content (AvgIpc) is 2.74. The number of amides is 1. The Morgan fingerprint density at radius 2 is 2.04 bits per heavy atom. The summed E-state index contributed by atoms with van der Waals surface area (Å²) >= 11 is 0. The minimum absolute atomic E-state index is 0.0886. The molecule has 2 unspecified atom stereocenters. The van der Waals surface area contributed by atoms with Gasteiger partial charge in [-0.25, -0.2) is 9.18 Å². The third kappa shape index (κ3) is 2.73. The molecular weight excluding hydrogens is 297 g/mol. The highest BCUT2D eigenvalue weighted by Gasteiger charge is 2.54. The summed E-state index contributed by atoms with van der Waals surface area (Å²) in [5.74, 6) is -0.121. The molecular formula is C18H22FNO3. The zero-order chi connectivity index (χ0) is 16.8. The lowest BCUT2D eigenvalue weighted by molar-refractivity contribution is -0.0120. The molecule has 0 N–H and O–H groups in total. The molecule has 0 saturated carbocycles. The first-order valence-corrected chi connectivity index (χ1v) is 7.98. The summed E-state index contributed by atoms with van der Waals surface area (Å²) in [5.41, 5.74) is -0.0913. The van der Waals surface area contributed by atoms with Gasteiger partial charge in [0.2, 0.25) is 0 Å². The van der Waals surface area contributed by atoms with Crippen molar-refractivity contribution in [3.05, 3.63) is 35.4 Å². The first kappa shape index (κ1) is 16.0. The fourth-order valence-corrected chi connectivity index (χ4v) is 3.48. The molecule has 4 nitrogen and oxygen atoms in total. The van der Waals surface area contributed by atoms with Crippen LogP contribution in [-0.2, 0) is 11.2 Å². The number of fused-ring (bicyclic) bond motifs is 1. The van der Waals surface area contributed by atoms with E-state index in [1.54, 1.807) is 32.9 Å². The van der Waals surface area contributed by atoms with Crippen molar-refractivity contribution in [2.45, 2.75) is 45.4 Å². The van der Waals surface area contributed by atoms with Crippen LogP contribution in [0.2, 0.25) is 0 Å². The molecule has 1 spiro atoms. The topological polar surface area (TPSA) is 46.6 Å². The number of nitrogens with zero attached hydrogens (tertiary/aromatic N) is 1. The minimum atomic E-state index is -1.37. The molecule has 2 atom stereocenters. The van der Waals surface area contributed by atoms with Gasteiger partial charge in [0.15, 0.2) is 5.78 Å². The molecule has 1 aromatic rings. The van der Waals surface area contributed by atoms with Crippen molar-refractivity contribution in [1.29, 1.82) is 0 Å². The number of ether oxygens (including phenoxy) is 1. The van der Waals surface area contributed by atoms with Crippen LogP contribution in [0, 0.1) is 5.41 Å². The Labute approximate surface area is 135 Å². The molecule has 5 heteroatoms. The number of carbonyl (C=O) groups excluding carboxylic acids is 2. The summed E-state index contributed by atoms with van der Waals surface area (Å²) in [5, 5.41) is 0. The molecule has 1 fully saturated rings. The van der Waals surface area contributed by atoms with Crippen molar-refractivity contribution in [3.8, 4) is 0 Å². The molecule has 1 amide bonds. The first-order chi connectivity index (χ1) is 10.7. The number of benzene rings is 1. The number of halogens is 1. The van der Waals surface area contributed by atoms with Gasteiger partial charge in [0.1, 0.15) is 11.8 Å². The van der Waals surface area contributed by atoms with Crippen molar-refractivity contribution in [2.75, 3.05) is 13.1 Å². The third-order valence-electron chi connectivity index (χ3n) is 4.68. The van der Waals surface area contributed by atoms with Gasteiger partial charge >= 0.3 is 6.09 Å². The van der Waals surface area contributed by atoms with E-state index >= 15 is 0 Å². The lowest BCUT2D eigenvalue weighted by Gasteiger charge is -2.41. The predicted octanol–water partition coefficient (Wildman–Crippen LogP) is 3.39. The number of likely N-dealkylation sites (tertiary alicyclic amines) is 1. The van der Waals surface area contributed by atoms with Crippen LogP contribution in [0.4, 0.5) is 9.18 Å². The first-order valence-electron chi connectivity index (χ1n) is 7.98. The fraction of sp³-hybridized carbons (Fsp3) is 0.556. The monoisotopic (exact) mass is 319 g/mol. The smallest absolute Gasteiger partial charge is 0.410 e. The number of hydrogen-bond acceptors (Lipinski definition) is 3. The lowest BCUT2D eigenvalue weighted by atomic mass is 9.73. The number of ketones is 1. The Morgan fingerprint density at radius 1 is 1.35 bits per heavy atom. The van der Waals surface area contributed by atoms with E-state index in [9.17, 15) is 14.0 Å². The molecule has 124 valence electrons. The van der Waals surface area contributed by atoms with Crippen LogP contribution < -0.4 is 0 Å². The van der Waals surface area contributed by atoms with E-state index in [0.29, 0.717) is 24.9 Å². The van der Waals surface area contributed by atoms with Crippen molar-refractivity contribution in [1.82, 2.24) is 4.90 Å². The van der Waals surface area contributed by atoms with Gasteiger partial charge in [-0.05, 0) is 39.2 Å². The minimum Gasteiger partial charge on any atom is -0.444 e. The van der Waals surface area contributed by atoms with E-state index in [2.05, 4.69) is 0 Å². The Bertz CT molecular complexity index is 652. The highest BCUT2D eigenvalue weighted by Crippen LogP contribution is 2.46. The molecule has 0 radical (unpaired) electrons. The third-order valence-corrected chi connectivity index (χ3v) is 4.68. The second kappa shape index (κ2) is 5.32. The number of rotatable bonds is 0. The maximum atomic E-state index is 14.9. The molecule has 0 bridgehead atoms. The fourth-order valence-electron chi connectivity index (χ4n) is 3.48. The maximum Gasteiger partial charge on any atom is 0.410 e. The molecule has 1 aliphatic heterocycles. The van der Waals surface area contributed by atoms with Gasteiger partial charge in [0, 0.05) is 12.1 Å². The highest BCUT2D eigenvalue weighted by atomic mass is 19.1. The van der Waals surface area contributed by atoms with E-state index in [4.69, 9.17) is 4.74 Å². The normalized spacial score (nSPS) is 27.2. The molecule has 2 aliphatic rings. The van der Waals surface area contributed by atoms with Crippen LogP contribution in [0.1, 0.15) is 43.1 Å². The Kier molecular flexibility index (Phi) is 3.69. The molecule has 0 aromatic heterocycles. The summed E-state index contributed by atoms with van der Waals surface area (Å²) in [4.78, 5) is 26.2. The van der Waals surface area contributed by atoms with Crippen molar-refractivity contribution in [3.63, 3.8) is 0 Å². The van der Waals surface area contributed by atoms with E-state index in [0.717, 1.165) is 5.56 Å². The molecule has 1 aromatic carbocycles. The molecule has 1 heterocycles. The zero-order valence-corrected chi connectivity index (χ0v) is 13.8.